The molecular formula is C12H11BrClN3O3. The van der Waals surface area contributed by atoms with Gasteiger partial charge in [0.25, 0.3) is 0 Å². The van der Waals surface area contributed by atoms with Crippen LogP contribution in [-0.2, 0) is 9.53 Å². The zero-order valence-electron chi connectivity index (χ0n) is 10.5. The van der Waals surface area contributed by atoms with Crippen LogP contribution < -0.4 is 4.74 Å². The number of azo groups is 1. The Bertz CT molecular complexity index is 545. The quantitative estimate of drug-likeness (QED) is 0.336. The largest absolute Gasteiger partial charge is 0.476 e. The molecule has 1 rings (SSSR count). The molecule has 106 valence electrons. The highest BCUT2D eigenvalue weighted by Crippen LogP contribution is 2.31. The third kappa shape index (κ3) is 5.15. The molecular weight excluding hydrogens is 350 g/mol. The van der Waals surface area contributed by atoms with Crippen LogP contribution in [0.2, 0.25) is 0 Å². The summed E-state index contributed by atoms with van der Waals surface area (Å²) in [5.41, 5.74) is -0.860. The van der Waals surface area contributed by atoms with Crippen molar-refractivity contribution in [3.8, 4) is 11.8 Å². The number of hydrogen-bond acceptors (Lipinski definition) is 6. The molecule has 1 aromatic rings. The van der Waals surface area contributed by atoms with Gasteiger partial charge in [-0.05, 0) is 25.1 Å². The Kier molecular flexibility index (Phi) is 6.98. The Balaban J connectivity index is 2.85. The summed E-state index contributed by atoms with van der Waals surface area (Å²) in [5, 5.41) is 16.0. The maximum Gasteiger partial charge on any atom is 0.348 e. The van der Waals surface area contributed by atoms with E-state index in [0.29, 0.717) is 11.4 Å². The van der Waals surface area contributed by atoms with Crippen molar-refractivity contribution in [1.82, 2.24) is 0 Å². The van der Waals surface area contributed by atoms with Crippen LogP contribution in [0.5, 0.6) is 5.75 Å². The molecule has 0 bridgehead atoms. The van der Waals surface area contributed by atoms with Crippen LogP contribution in [0.25, 0.3) is 0 Å². The summed E-state index contributed by atoms with van der Waals surface area (Å²) in [4.78, 5) is 11.3. The van der Waals surface area contributed by atoms with Gasteiger partial charge in [0.1, 0.15) is 17.5 Å². The number of carbonyl (C=O) groups is 1. The molecule has 0 saturated heterocycles. The predicted molar refractivity (Wildman–Crippen MR) is 76.0 cm³/mol. The van der Waals surface area contributed by atoms with Gasteiger partial charge in [-0.3, -0.25) is 0 Å². The Morgan fingerprint density at radius 1 is 1.60 bits per heavy atom. The van der Waals surface area contributed by atoms with Crippen molar-refractivity contribution in [3.05, 3.63) is 22.7 Å². The van der Waals surface area contributed by atoms with Gasteiger partial charge in [-0.25, -0.2) is 4.79 Å². The number of benzene rings is 1. The minimum Gasteiger partial charge on any atom is -0.476 e. The summed E-state index contributed by atoms with van der Waals surface area (Å²) >= 11 is 8.99. The molecule has 0 spiro atoms. The maximum atomic E-state index is 11.3. The molecule has 0 aromatic heterocycles. The number of nitriles is 1. The molecule has 20 heavy (non-hydrogen) atoms. The number of hydrogen-bond donors (Lipinski definition) is 0. The third-order valence-electron chi connectivity index (χ3n) is 1.96. The number of halogens is 2. The molecule has 0 radical (unpaired) electrons. The Labute approximate surface area is 129 Å². The Morgan fingerprint density at radius 2 is 2.35 bits per heavy atom. The van der Waals surface area contributed by atoms with E-state index in [-0.39, 0.29) is 13.2 Å². The predicted octanol–water partition coefficient (Wildman–Crippen LogP) is 3.56. The molecule has 1 unspecified atom stereocenters. The van der Waals surface area contributed by atoms with Crippen molar-refractivity contribution >= 4 is 39.2 Å². The van der Waals surface area contributed by atoms with Gasteiger partial charge in [0.2, 0.25) is 5.50 Å². The molecule has 0 N–H and O–H groups in total. The lowest BCUT2D eigenvalue weighted by Gasteiger charge is -2.06. The van der Waals surface area contributed by atoms with Crippen LogP contribution in [0.4, 0.5) is 5.69 Å². The van der Waals surface area contributed by atoms with Crippen LogP contribution in [0.1, 0.15) is 6.92 Å². The topological polar surface area (TPSA) is 84.0 Å². The van der Waals surface area contributed by atoms with Crippen LogP contribution in [0, 0.1) is 11.3 Å². The van der Waals surface area contributed by atoms with Gasteiger partial charge in [-0.1, -0.05) is 27.5 Å². The van der Waals surface area contributed by atoms with E-state index in [1.54, 1.807) is 25.1 Å². The van der Waals surface area contributed by atoms with Crippen molar-refractivity contribution in [2.45, 2.75) is 12.4 Å². The second-order valence-corrected chi connectivity index (χ2v) is 4.69. The maximum absolute atomic E-state index is 11.3. The first-order chi connectivity index (χ1) is 9.58. The average molecular weight is 361 g/mol. The molecule has 6 nitrogen and oxygen atoms in total. The third-order valence-corrected chi connectivity index (χ3v) is 2.72. The summed E-state index contributed by atoms with van der Waals surface area (Å²) in [7, 11) is 0. The molecule has 0 amide bonds. The fourth-order valence-corrected chi connectivity index (χ4v) is 1.61. The van der Waals surface area contributed by atoms with Gasteiger partial charge in [-0.2, -0.15) is 10.4 Å². The van der Waals surface area contributed by atoms with Crippen LogP contribution in [0.3, 0.4) is 0 Å². The molecule has 8 heteroatoms. The first kappa shape index (κ1) is 16.4. The van der Waals surface area contributed by atoms with E-state index in [1.165, 1.54) is 0 Å². The minimum atomic E-state index is -1.22. The first-order valence-electron chi connectivity index (χ1n) is 5.59. The van der Waals surface area contributed by atoms with Gasteiger partial charge in [0.15, 0.2) is 6.61 Å². The van der Waals surface area contributed by atoms with Gasteiger partial charge < -0.3 is 9.47 Å². The van der Waals surface area contributed by atoms with Gasteiger partial charge in [0, 0.05) is 4.47 Å². The van der Waals surface area contributed by atoms with Crippen molar-refractivity contribution in [1.29, 1.82) is 5.26 Å². The van der Waals surface area contributed by atoms with Crippen molar-refractivity contribution in [2.75, 3.05) is 13.2 Å². The number of ether oxygens (including phenoxy) is 2. The lowest BCUT2D eigenvalue weighted by Crippen LogP contribution is -2.14. The first-order valence-corrected chi connectivity index (χ1v) is 6.82. The highest BCUT2D eigenvalue weighted by Gasteiger charge is 2.15. The molecule has 0 aliphatic heterocycles. The zero-order chi connectivity index (χ0) is 15.0. The molecule has 0 saturated carbocycles. The Morgan fingerprint density at radius 3 is 3.00 bits per heavy atom. The van der Waals surface area contributed by atoms with E-state index < -0.39 is 11.5 Å². The van der Waals surface area contributed by atoms with Gasteiger partial charge >= 0.3 is 5.97 Å². The van der Waals surface area contributed by atoms with Crippen molar-refractivity contribution < 1.29 is 14.3 Å². The highest BCUT2D eigenvalue weighted by molar-refractivity contribution is 9.10. The van der Waals surface area contributed by atoms with E-state index in [0.717, 1.165) is 4.47 Å². The van der Waals surface area contributed by atoms with E-state index in [9.17, 15) is 4.79 Å². The molecule has 1 atom stereocenters. The number of alkyl halides is 1. The lowest BCUT2D eigenvalue weighted by atomic mass is 10.3. The molecule has 0 heterocycles. The van der Waals surface area contributed by atoms with E-state index in [2.05, 4.69) is 26.2 Å². The Hall–Kier alpha value is -1.65. The standard InChI is InChI=1S/C12H11BrClN3O3/c1-2-19-12(18)11(14)17-16-9-4-3-8(13)7-10(9)20-6-5-15/h3-4,7,11H,2,6H2,1H3/b17-16+. The number of rotatable bonds is 6. The van der Waals surface area contributed by atoms with Crippen LogP contribution in [0.15, 0.2) is 32.9 Å². The SMILES string of the molecule is CCOC(=O)C(Cl)/N=N/c1ccc(Br)cc1OCC#N. The van der Waals surface area contributed by atoms with Crippen molar-refractivity contribution in [2.24, 2.45) is 10.2 Å². The summed E-state index contributed by atoms with van der Waals surface area (Å²) in [6.07, 6.45) is 0. The summed E-state index contributed by atoms with van der Waals surface area (Å²) < 4.78 is 10.7. The summed E-state index contributed by atoms with van der Waals surface area (Å²) in [6, 6.07) is 6.83. The summed E-state index contributed by atoms with van der Waals surface area (Å²) in [6.45, 7) is 1.76. The van der Waals surface area contributed by atoms with Gasteiger partial charge in [0.05, 0.1) is 6.61 Å². The van der Waals surface area contributed by atoms with Crippen molar-refractivity contribution in [3.63, 3.8) is 0 Å². The monoisotopic (exact) mass is 359 g/mol. The lowest BCUT2D eigenvalue weighted by molar-refractivity contribution is -0.142. The molecule has 0 fully saturated rings. The number of carbonyl (C=O) groups excluding carboxylic acids is 1. The highest BCUT2D eigenvalue weighted by atomic mass is 79.9. The van der Waals surface area contributed by atoms with Gasteiger partial charge in [-0.15, -0.1) is 5.11 Å². The summed E-state index contributed by atoms with van der Waals surface area (Å²) in [5.74, 6) is -0.313. The normalized spacial score (nSPS) is 11.9. The molecule has 0 aliphatic rings. The van der Waals surface area contributed by atoms with E-state index in [4.69, 9.17) is 26.3 Å². The second-order valence-electron chi connectivity index (χ2n) is 3.36. The van der Waals surface area contributed by atoms with Crippen LogP contribution in [-0.4, -0.2) is 24.7 Å². The fraction of sp³-hybridized carbons (Fsp3) is 0.333. The number of nitrogens with zero attached hydrogens (tertiary/aromatic N) is 3. The fourth-order valence-electron chi connectivity index (χ4n) is 1.17. The second kappa shape index (κ2) is 8.51. The zero-order valence-corrected chi connectivity index (χ0v) is 12.9. The molecule has 0 aliphatic carbocycles. The van der Waals surface area contributed by atoms with E-state index in [1.807, 2.05) is 6.07 Å². The minimum absolute atomic E-state index is 0.124. The number of esters is 1. The van der Waals surface area contributed by atoms with E-state index >= 15 is 0 Å². The average Bonchev–Trinajstić information content (AvgIpc) is 2.43. The smallest absolute Gasteiger partial charge is 0.348 e. The molecule has 1 aromatic carbocycles. The van der Waals surface area contributed by atoms with Crippen LogP contribution >= 0.6 is 27.5 Å².